The molecule has 2 N–H and O–H groups in total. The van der Waals surface area contributed by atoms with E-state index in [9.17, 15) is 13.2 Å². The first kappa shape index (κ1) is 20.6. The highest BCUT2D eigenvalue weighted by Crippen LogP contribution is 2.28. The molecule has 0 unspecified atom stereocenters. The second-order valence-electron chi connectivity index (χ2n) is 6.49. The first-order valence-electron chi connectivity index (χ1n) is 8.96. The first-order valence-corrected chi connectivity index (χ1v) is 8.96. The molecule has 0 radical (unpaired) electrons. The summed E-state index contributed by atoms with van der Waals surface area (Å²) < 4.78 is 42.5. The largest absolute Gasteiger partial charge is 0.331 e. The summed E-state index contributed by atoms with van der Waals surface area (Å²) in [5.41, 5.74) is 6.50. The lowest BCUT2D eigenvalue weighted by atomic mass is 10.0. The summed E-state index contributed by atoms with van der Waals surface area (Å²) in [4.78, 5) is 13.3. The minimum atomic E-state index is -2.89. The molecule has 0 amide bonds. The van der Waals surface area contributed by atoms with Gasteiger partial charge in [0, 0.05) is 18.0 Å². The van der Waals surface area contributed by atoms with Gasteiger partial charge >= 0.3 is 0 Å². The summed E-state index contributed by atoms with van der Waals surface area (Å²) in [5.74, 6) is 5.33. The average Bonchev–Trinajstić information content (AvgIpc) is 2.70. The van der Waals surface area contributed by atoms with E-state index in [2.05, 4.69) is 26.8 Å². The van der Waals surface area contributed by atoms with E-state index in [4.69, 9.17) is 5.73 Å². The topological polar surface area (TPSA) is 69.1 Å². The normalized spacial score (nSPS) is 12.9. The SMILES string of the molecule is Cc1n/c(=N\[C@H](C)c2cccc(C(F)F)c2F)c2cc(C#CCN)ncc2n1C. The van der Waals surface area contributed by atoms with Crippen molar-refractivity contribution in [2.24, 2.45) is 17.8 Å². The van der Waals surface area contributed by atoms with Gasteiger partial charge in [-0.1, -0.05) is 24.1 Å². The van der Waals surface area contributed by atoms with Crippen molar-refractivity contribution in [1.82, 2.24) is 14.5 Å². The summed E-state index contributed by atoms with van der Waals surface area (Å²) in [7, 11) is 1.84. The lowest BCUT2D eigenvalue weighted by Gasteiger charge is -2.13. The minimum Gasteiger partial charge on any atom is -0.331 e. The highest BCUT2D eigenvalue weighted by molar-refractivity contribution is 5.78. The van der Waals surface area contributed by atoms with Crippen molar-refractivity contribution in [3.8, 4) is 11.8 Å². The number of benzene rings is 1. The summed E-state index contributed by atoms with van der Waals surface area (Å²) >= 11 is 0. The van der Waals surface area contributed by atoms with Crippen LogP contribution >= 0.6 is 0 Å². The number of aromatic nitrogens is 3. The van der Waals surface area contributed by atoms with Gasteiger partial charge in [-0.2, -0.15) is 0 Å². The molecule has 0 spiro atoms. The molecule has 0 aliphatic carbocycles. The van der Waals surface area contributed by atoms with Gasteiger partial charge in [-0.05, 0) is 25.8 Å². The zero-order valence-electron chi connectivity index (χ0n) is 16.2. The number of fused-ring (bicyclic) bond motifs is 1. The molecular weight excluding hydrogens is 379 g/mol. The molecule has 150 valence electrons. The maximum Gasteiger partial charge on any atom is 0.266 e. The Morgan fingerprint density at radius 2 is 2.00 bits per heavy atom. The number of nitrogens with zero attached hydrogens (tertiary/aromatic N) is 4. The van der Waals surface area contributed by atoms with E-state index in [1.165, 1.54) is 12.1 Å². The number of nitrogens with two attached hydrogens (primary N) is 1. The van der Waals surface area contributed by atoms with Gasteiger partial charge in [0.15, 0.2) is 5.49 Å². The molecule has 3 aromatic rings. The minimum absolute atomic E-state index is 0.0841. The summed E-state index contributed by atoms with van der Waals surface area (Å²) in [6.45, 7) is 3.65. The van der Waals surface area contributed by atoms with Gasteiger partial charge < -0.3 is 10.3 Å². The van der Waals surface area contributed by atoms with Crippen LogP contribution in [0, 0.1) is 24.6 Å². The third kappa shape index (κ3) is 4.15. The van der Waals surface area contributed by atoms with Gasteiger partial charge in [0.05, 0.1) is 29.9 Å². The Bertz CT molecular complexity index is 1190. The van der Waals surface area contributed by atoms with Crippen molar-refractivity contribution in [2.45, 2.75) is 26.3 Å². The monoisotopic (exact) mass is 399 g/mol. The van der Waals surface area contributed by atoms with Crippen LogP contribution in [0.1, 0.15) is 42.0 Å². The van der Waals surface area contributed by atoms with Gasteiger partial charge in [-0.3, -0.25) is 4.99 Å². The Labute approximate surface area is 166 Å². The van der Waals surface area contributed by atoms with Crippen LogP contribution in [0.15, 0.2) is 35.5 Å². The van der Waals surface area contributed by atoms with Gasteiger partial charge in [-0.25, -0.2) is 23.1 Å². The molecule has 0 aliphatic heterocycles. The highest BCUT2D eigenvalue weighted by atomic mass is 19.3. The Hall–Kier alpha value is -3.18. The molecule has 1 atom stereocenters. The number of aryl methyl sites for hydroxylation is 2. The molecule has 2 heterocycles. The molecule has 0 fully saturated rings. The zero-order chi connectivity index (χ0) is 21.1. The molecule has 8 heteroatoms. The predicted molar refractivity (Wildman–Crippen MR) is 105 cm³/mol. The van der Waals surface area contributed by atoms with Gasteiger partial charge in [0.2, 0.25) is 0 Å². The number of hydrogen-bond acceptors (Lipinski definition) is 4. The van der Waals surface area contributed by atoms with E-state index in [0.717, 1.165) is 11.6 Å². The van der Waals surface area contributed by atoms with E-state index in [-0.39, 0.29) is 12.1 Å². The second-order valence-corrected chi connectivity index (χ2v) is 6.49. The molecule has 0 aliphatic rings. The number of hydrogen-bond donors (Lipinski definition) is 1. The fraction of sp³-hybridized carbons (Fsp3) is 0.286. The Morgan fingerprint density at radius 1 is 1.28 bits per heavy atom. The van der Waals surface area contributed by atoms with Crippen molar-refractivity contribution >= 4 is 10.9 Å². The lowest BCUT2D eigenvalue weighted by Crippen LogP contribution is -2.18. The predicted octanol–water partition coefficient (Wildman–Crippen LogP) is 3.33. The Morgan fingerprint density at radius 3 is 2.69 bits per heavy atom. The van der Waals surface area contributed by atoms with Crippen molar-refractivity contribution in [1.29, 1.82) is 0 Å². The van der Waals surface area contributed by atoms with Crippen LogP contribution in [0.5, 0.6) is 0 Å². The number of halogens is 3. The standard InChI is InChI=1S/C21H20F3N5/c1-12(15-7-4-8-16(19(15)22)20(23)24)27-21-17-10-14(6-5-9-25)26-11-18(17)29(3)13(2)28-21/h4,7-8,10-12,20H,9,25H2,1-3H3/b27-21-/t12-/m1/s1. The van der Waals surface area contributed by atoms with E-state index in [0.29, 0.717) is 22.4 Å². The second kappa shape index (κ2) is 8.45. The Balaban J connectivity index is 2.21. The van der Waals surface area contributed by atoms with Gasteiger partial charge in [0.1, 0.15) is 17.3 Å². The maximum absolute atomic E-state index is 14.5. The van der Waals surface area contributed by atoms with Crippen LogP contribution < -0.4 is 11.2 Å². The molecule has 5 nitrogen and oxygen atoms in total. The molecule has 0 saturated heterocycles. The van der Waals surface area contributed by atoms with E-state index in [1.54, 1.807) is 19.2 Å². The third-order valence-electron chi connectivity index (χ3n) is 4.62. The first-order chi connectivity index (χ1) is 13.8. The van der Waals surface area contributed by atoms with Crippen LogP contribution in [0.4, 0.5) is 13.2 Å². The van der Waals surface area contributed by atoms with Crippen LogP contribution in [-0.4, -0.2) is 21.1 Å². The van der Waals surface area contributed by atoms with Crippen LogP contribution in [-0.2, 0) is 7.05 Å². The zero-order valence-corrected chi connectivity index (χ0v) is 16.2. The quantitative estimate of drug-likeness (QED) is 0.687. The fourth-order valence-corrected chi connectivity index (χ4v) is 2.98. The molecule has 3 rings (SSSR count). The summed E-state index contributed by atoms with van der Waals surface area (Å²) in [6, 6.07) is 4.95. The average molecular weight is 399 g/mol. The van der Waals surface area contributed by atoms with Crippen LogP contribution in [0.2, 0.25) is 0 Å². The van der Waals surface area contributed by atoms with Crippen molar-refractivity contribution < 1.29 is 13.2 Å². The molecule has 0 saturated carbocycles. The number of pyridine rings is 1. The maximum atomic E-state index is 14.5. The van der Waals surface area contributed by atoms with Crippen LogP contribution in [0.25, 0.3) is 10.9 Å². The molecule has 29 heavy (non-hydrogen) atoms. The molecule has 1 aromatic carbocycles. The third-order valence-corrected chi connectivity index (χ3v) is 4.62. The van der Waals surface area contributed by atoms with Crippen molar-refractivity contribution in [3.63, 3.8) is 0 Å². The van der Waals surface area contributed by atoms with Crippen molar-refractivity contribution in [2.75, 3.05) is 6.54 Å². The molecule has 0 bridgehead atoms. The molecular formula is C21H20F3N5. The smallest absolute Gasteiger partial charge is 0.266 e. The number of rotatable bonds is 3. The highest BCUT2D eigenvalue weighted by Gasteiger charge is 2.19. The van der Waals surface area contributed by atoms with E-state index < -0.39 is 23.8 Å². The summed E-state index contributed by atoms with van der Waals surface area (Å²) in [6.07, 6.45) is -1.24. The lowest BCUT2D eigenvalue weighted by molar-refractivity contribution is 0.146. The van der Waals surface area contributed by atoms with Gasteiger partial charge in [0.25, 0.3) is 6.43 Å². The summed E-state index contributed by atoms with van der Waals surface area (Å²) in [5, 5.41) is 0.673. The number of alkyl halides is 2. The fourth-order valence-electron chi connectivity index (χ4n) is 2.98. The molecule has 2 aromatic heterocycles. The van der Waals surface area contributed by atoms with Gasteiger partial charge in [-0.15, -0.1) is 0 Å². The van der Waals surface area contributed by atoms with Crippen LogP contribution in [0.3, 0.4) is 0 Å². The van der Waals surface area contributed by atoms with Crippen molar-refractivity contribution in [3.05, 3.63) is 64.4 Å². The van der Waals surface area contributed by atoms with E-state index in [1.807, 2.05) is 18.5 Å². The Kier molecular flexibility index (Phi) is 5.99. The van der Waals surface area contributed by atoms with E-state index >= 15 is 0 Å².